The first-order valence-corrected chi connectivity index (χ1v) is 11.6. The van der Waals surface area contributed by atoms with Gasteiger partial charge in [-0.05, 0) is 31.2 Å². The van der Waals surface area contributed by atoms with Crippen LogP contribution in [0.5, 0.6) is 0 Å². The Hall–Kier alpha value is -1.94. The summed E-state index contributed by atoms with van der Waals surface area (Å²) >= 11 is 12.5. The van der Waals surface area contributed by atoms with Gasteiger partial charge in [0.2, 0.25) is 5.79 Å². The maximum Gasteiger partial charge on any atom is 0.297 e. The summed E-state index contributed by atoms with van der Waals surface area (Å²) in [6.45, 7) is 2.06. The van der Waals surface area contributed by atoms with Crippen molar-refractivity contribution in [3.05, 3.63) is 82.4 Å². The molecular weight excluding hydrogens is 463 g/mol. The van der Waals surface area contributed by atoms with Gasteiger partial charge in [0.15, 0.2) is 0 Å². The lowest BCUT2D eigenvalue weighted by Crippen LogP contribution is -2.34. The van der Waals surface area contributed by atoms with Crippen molar-refractivity contribution in [3.8, 4) is 0 Å². The van der Waals surface area contributed by atoms with Crippen molar-refractivity contribution in [1.82, 2.24) is 9.55 Å². The Morgan fingerprint density at radius 3 is 2.68 bits per heavy atom. The fraction of sp³-hybridized carbons (Fsp3) is 0.286. The zero-order chi connectivity index (χ0) is 22.1. The fourth-order valence-electron chi connectivity index (χ4n) is 3.31. The molecule has 10 heteroatoms. The van der Waals surface area contributed by atoms with Crippen molar-refractivity contribution < 1.29 is 22.1 Å². The minimum absolute atomic E-state index is 0.0856. The number of nitrogens with zero attached hydrogens (tertiary/aromatic N) is 2. The standard InChI is InChI=1S/C21H20Cl2N2O5S/c1-15-2-5-18(6-3-15)31(26,27)29-12-17-11-28-21(30-17,13-25-9-8-24-14-25)19-7-4-16(22)10-20(19)23/h2-10,14,17H,11-13H2,1H3/t17?,21-/m0/s1. The summed E-state index contributed by atoms with van der Waals surface area (Å²) in [7, 11) is -3.92. The van der Waals surface area contributed by atoms with Crippen molar-refractivity contribution in [2.75, 3.05) is 13.2 Å². The smallest absolute Gasteiger partial charge is 0.297 e. The van der Waals surface area contributed by atoms with Gasteiger partial charge < -0.3 is 14.0 Å². The molecule has 0 aliphatic carbocycles. The summed E-state index contributed by atoms with van der Waals surface area (Å²) in [6.07, 6.45) is 4.41. The molecule has 2 heterocycles. The highest BCUT2D eigenvalue weighted by Gasteiger charge is 2.45. The van der Waals surface area contributed by atoms with Crippen LogP contribution < -0.4 is 0 Å². The topological polar surface area (TPSA) is 79.7 Å². The van der Waals surface area contributed by atoms with Crippen LogP contribution in [0.3, 0.4) is 0 Å². The van der Waals surface area contributed by atoms with Crippen LogP contribution in [0.2, 0.25) is 10.0 Å². The van der Waals surface area contributed by atoms with E-state index in [1.54, 1.807) is 53.6 Å². The number of aryl methyl sites for hydroxylation is 1. The van der Waals surface area contributed by atoms with E-state index in [1.165, 1.54) is 12.1 Å². The van der Waals surface area contributed by atoms with E-state index in [2.05, 4.69) is 4.98 Å². The third-order valence-electron chi connectivity index (χ3n) is 4.87. The van der Waals surface area contributed by atoms with Crippen LogP contribution >= 0.6 is 23.2 Å². The minimum atomic E-state index is -3.92. The van der Waals surface area contributed by atoms with Crippen molar-refractivity contribution in [2.24, 2.45) is 0 Å². The number of rotatable bonds is 7. The van der Waals surface area contributed by atoms with Gasteiger partial charge in [-0.1, -0.05) is 47.0 Å². The highest BCUT2D eigenvalue weighted by atomic mass is 35.5. The third-order valence-corrected chi connectivity index (χ3v) is 6.71. The van der Waals surface area contributed by atoms with E-state index in [1.807, 2.05) is 6.92 Å². The van der Waals surface area contributed by atoms with Gasteiger partial charge in [-0.3, -0.25) is 4.18 Å². The molecule has 0 saturated carbocycles. The Bertz CT molecular complexity index is 1150. The molecule has 0 radical (unpaired) electrons. The van der Waals surface area contributed by atoms with Crippen LogP contribution in [-0.4, -0.2) is 37.3 Å². The molecule has 2 atom stereocenters. The summed E-state index contributed by atoms with van der Waals surface area (Å²) in [5, 5.41) is 0.857. The third kappa shape index (κ3) is 4.95. The van der Waals surface area contributed by atoms with Crippen molar-refractivity contribution >= 4 is 33.3 Å². The Balaban J connectivity index is 1.53. The summed E-state index contributed by atoms with van der Waals surface area (Å²) in [5.74, 6) is -1.25. The van der Waals surface area contributed by atoms with Gasteiger partial charge >= 0.3 is 0 Å². The van der Waals surface area contributed by atoms with Crippen LogP contribution in [0.1, 0.15) is 11.1 Å². The first-order chi connectivity index (χ1) is 14.8. The number of aromatic nitrogens is 2. The van der Waals surface area contributed by atoms with E-state index in [0.717, 1.165) is 5.56 Å². The van der Waals surface area contributed by atoms with E-state index < -0.39 is 22.0 Å². The Labute approximate surface area is 190 Å². The highest BCUT2D eigenvalue weighted by molar-refractivity contribution is 7.86. The molecular formula is C21H20Cl2N2O5S. The SMILES string of the molecule is Cc1ccc(S(=O)(=O)OCC2CO[C@](Cn3ccnc3)(c3ccc(Cl)cc3Cl)O2)cc1. The number of benzene rings is 2. The normalized spacial score (nSPS) is 21.5. The molecule has 0 spiro atoms. The van der Waals surface area contributed by atoms with E-state index in [4.69, 9.17) is 36.9 Å². The van der Waals surface area contributed by atoms with Crippen molar-refractivity contribution in [3.63, 3.8) is 0 Å². The molecule has 31 heavy (non-hydrogen) atoms. The van der Waals surface area contributed by atoms with Crippen LogP contribution in [0.15, 0.2) is 66.1 Å². The van der Waals surface area contributed by atoms with Crippen LogP contribution in [0.4, 0.5) is 0 Å². The Morgan fingerprint density at radius 2 is 2.00 bits per heavy atom. The van der Waals surface area contributed by atoms with Gasteiger partial charge in [-0.15, -0.1) is 0 Å². The molecule has 164 valence electrons. The Kier molecular flexibility index (Phi) is 6.39. The number of halogens is 2. The molecule has 1 aliphatic heterocycles. The van der Waals surface area contributed by atoms with E-state index in [-0.39, 0.29) is 24.7 Å². The molecule has 0 N–H and O–H groups in total. The minimum Gasteiger partial charge on any atom is -0.342 e. The largest absolute Gasteiger partial charge is 0.342 e. The number of imidazole rings is 1. The molecule has 1 saturated heterocycles. The monoisotopic (exact) mass is 482 g/mol. The quantitative estimate of drug-likeness (QED) is 0.470. The van der Waals surface area contributed by atoms with Crippen LogP contribution in [0.25, 0.3) is 0 Å². The molecule has 1 aliphatic rings. The average molecular weight is 483 g/mol. The molecule has 0 bridgehead atoms. The fourth-order valence-corrected chi connectivity index (χ4v) is 4.80. The average Bonchev–Trinajstić information content (AvgIpc) is 3.38. The van der Waals surface area contributed by atoms with E-state index >= 15 is 0 Å². The lowest BCUT2D eigenvalue weighted by molar-refractivity contribution is -0.189. The van der Waals surface area contributed by atoms with E-state index in [9.17, 15) is 8.42 Å². The molecule has 0 amide bonds. The number of ether oxygens (including phenoxy) is 2. The molecule has 7 nitrogen and oxygen atoms in total. The predicted octanol–water partition coefficient (Wildman–Crippen LogP) is 4.17. The number of hydrogen-bond donors (Lipinski definition) is 0. The van der Waals surface area contributed by atoms with Crippen molar-refractivity contribution in [1.29, 1.82) is 0 Å². The molecule has 1 unspecified atom stereocenters. The van der Waals surface area contributed by atoms with Gasteiger partial charge in [0.05, 0.1) is 36.0 Å². The summed E-state index contributed by atoms with van der Waals surface area (Å²) in [4.78, 5) is 4.13. The summed E-state index contributed by atoms with van der Waals surface area (Å²) in [6, 6.07) is 11.5. The molecule has 2 aromatic carbocycles. The molecule has 1 aromatic heterocycles. The van der Waals surface area contributed by atoms with Gasteiger partial charge in [-0.2, -0.15) is 8.42 Å². The van der Waals surface area contributed by atoms with E-state index in [0.29, 0.717) is 15.6 Å². The zero-order valence-corrected chi connectivity index (χ0v) is 18.9. The maximum atomic E-state index is 12.5. The van der Waals surface area contributed by atoms with Gasteiger partial charge in [0.1, 0.15) is 6.10 Å². The zero-order valence-electron chi connectivity index (χ0n) is 16.6. The van der Waals surface area contributed by atoms with Crippen LogP contribution in [0, 0.1) is 6.92 Å². The maximum absolute atomic E-state index is 12.5. The molecule has 4 rings (SSSR count). The molecule has 1 fully saturated rings. The second-order valence-corrected chi connectivity index (χ2v) is 9.67. The summed E-state index contributed by atoms with van der Waals surface area (Å²) in [5.41, 5.74) is 1.53. The summed E-state index contributed by atoms with van der Waals surface area (Å²) < 4.78 is 44.3. The first-order valence-electron chi connectivity index (χ1n) is 9.47. The first kappa shape index (κ1) is 22.3. The van der Waals surface area contributed by atoms with Gasteiger partial charge in [-0.25, -0.2) is 4.98 Å². The Morgan fingerprint density at radius 1 is 1.23 bits per heavy atom. The van der Waals surface area contributed by atoms with Gasteiger partial charge in [0.25, 0.3) is 10.1 Å². The lowest BCUT2D eigenvalue weighted by atomic mass is 10.1. The predicted molar refractivity (Wildman–Crippen MR) is 116 cm³/mol. The second-order valence-electron chi connectivity index (χ2n) is 7.21. The van der Waals surface area contributed by atoms with Crippen molar-refractivity contribution in [2.45, 2.75) is 30.3 Å². The highest BCUT2D eigenvalue weighted by Crippen LogP contribution is 2.40. The molecule has 3 aromatic rings. The second kappa shape index (κ2) is 8.90. The lowest BCUT2D eigenvalue weighted by Gasteiger charge is -2.29. The van der Waals surface area contributed by atoms with Crippen LogP contribution in [-0.2, 0) is 36.1 Å². The number of hydrogen-bond acceptors (Lipinski definition) is 6. The van der Waals surface area contributed by atoms with Gasteiger partial charge in [0, 0.05) is 23.0 Å².